The molecule has 2 heterocycles. The minimum atomic E-state index is -0.146. The van der Waals surface area contributed by atoms with Gasteiger partial charge in [0.1, 0.15) is 5.82 Å². The molecule has 1 atom stereocenters. The van der Waals surface area contributed by atoms with E-state index in [1.54, 1.807) is 15.6 Å². The highest BCUT2D eigenvalue weighted by Crippen LogP contribution is 2.29. The lowest BCUT2D eigenvalue weighted by Crippen LogP contribution is -2.35. The highest BCUT2D eigenvalue weighted by Gasteiger charge is 2.36. The van der Waals surface area contributed by atoms with E-state index in [0.29, 0.717) is 36.9 Å². The molecular weight excluding hydrogens is 326 g/mol. The fraction of sp³-hybridized carbons (Fsp3) is 0.471. The summed E-state index contributed by atoms with van der Waals surface area (Å²) in [6.07, 6.45) is 1.56. The van der Waals surface area contributed by atoms with Crippen molar-refractivity contribution in [2.45, 2.75) is 26.7 Å². The van der Waals surface area contributed by atoms with E-state index in [1.807, 2.05) is 25.1 Å². The Morgan fingerprint density at radius 3 is 2.79 bits per heavy atom. The van der Waals surface area contributed by atoms with Gasteiger partial charge in [-0.3, -0.25) is 4.79 Å². The molecule has 0 saturated carbocycles. The predicted octanol–water partition coefficient (Wildman–Crippen LogP) is 2.29. The Labute approximate surface area is 146 Å². The molecule has 0 bridgehead atoms. The number of para-hydroxylation sites is 1. The summed E-state index contributed by atoms with van der Waals surface area (Å²) in [5.41, 5.74) is 6.54. The van der Waals surface area contributed by atoms with Crippen molar-refractivity contribution in [3.8, 4) is 5.69 Å². The molecule has 1 aromatic heterocycles. The molecule has 24 heavy (non-hydrogen) atoms. The molecular formula is C17H22ClN5O. The van der Waals surface area contributed by atoms with Gasteiger partial charge in [-0.15, -0.1) is 5.10 Å². The van der Waals surface area contributed by atoms with E-state index in [9.17, 15) is 4.79 Å². The third kappa shape index (κ3) is 3.03. The quantitative estimate of drug-likeness (QED) is 0.920. The minimum Gasteiger partial charge on any atom is -0.335 e. The van der Waals surface area contributed by atoms with Crippen LogP contribution in [0.1, 0.15) is 36.7 Å². The Morgan fingerprint density at radius 2 is 2.17 bits per heavy atom. The van der Waals surface area contributed by atoms with Gasteiger partial charge in [0.25, 0.3) is 5.91 Å². The number of halogens is 1. The first-order valence-electron chi connectivity index (χ1n) is 8.17. The maximum absolute atomic E-state index is 12.8. The summed E-state index contributed by atoms with van der Waals surface area (Å²) in [5.74, 6) is 0.785. The molecule has 1 aromatic carbocycles. The SMILES string of the molecule is CCc1nc(C(=O)N2CCC(C)(CN)C2)nn1-c1ccccc1Cl. The summed E-state index contributed by atoms with van der Waals surface area (Å²) in [6.45, 7) is 5.98. The minimum absolute atomic E-state index is 0.0193. The van der Waals surface area contributed by atoms with Crippen molar-refractivity contribution < 1.29 is 4.79 Å². The first kappa shape index (κ1) is 16.9. The van der Waals surface area contributed by atoms with Crippen molar-refractivity contribution in [2.75, 3.05) is 19.6 Å². The molecule has 1 amide bonds. The second-order valence-electron chi connectivity index (χ2n) is 6.56. The summed E-state index contributed by atoms with van der Waals surface area (Å²) >= 11 is 6.26. The van der Waals surface area contributed by atoms with Gasteiger partial charge >= 0.3 is 0 Å². The van der Waals surface area contributed by atoms with Crippen LogP contribution in [-0.2, 0) is 6.42 Å². The van der Waals surface area contributed by atoms with Gasteiger partial charge in [0.2, 0.25) is 5.82 Å². The third-order valence-corrected chi connectivity index (χ3v) is 4.92. The Bertz CT molecular complexity index is 759. The largest absolute Gasteiger partial charge is 0.335 e. The lowest BCUT2D eigenvalue weighted by molar-refractivity contribution is 0.0765. The van der Waals surface area contributed by atoms with E-state index >= 15 is 0 Å². The summed E-state index contributed by atoms with van der Waals surface area (Å²) in [4.78, 5) is 19.0. The average molecular weight is 348 g/mol. The fourth-order valence-electron chi connectivity index (χ4n) is 2.99. The summed E-state index contributed by atoms with van der Waals surface area (Å²) in [5, 5.41) is 5.01. The fourth-order valence-corrected chi connectivity index (χ4v) is 3.20. The van der Waals surface area contributed by atoms with Crippen molar-refractivity contribution in [3.63, 3.8) is 0 Å². The van der Waals surface area contributed by atoms with Crippen LogP contribution in [-0.4, -0.2) is 45.2 Å². The monoisotopic (exact) mass is 347 g/mol. The van der Waals surface area contributed by atoms with Gasteiger partial charge in [0.05, 0.1) is 10.7 Å². The molecule has 1 fully saturated rings. The zero-order chi connectivity index (χ0) is 17.3. The summed E-state index contributed by atoms with van der Waals surface area (Å²) < 4.78 is 1.66. The molecule has 2 aromatic rings. The van der Waals surface area contributed by atoms with Gasteiger partial charge < -0.3 is 10.6 Å². The van der Waals surface area contributed by atoms with E-state index in [-0.39, 0.29) is 17.1 Å². The van der Waals surface area contributed by atoms with Gasteiger partial charge in [-0.25, -0.2) is 9.67 Å². The molecule has 2 N–H and O–H groups in total. The van der Waals surface area contributed by atoms with Crippen molar-refractivity contribution in [1.29, 1.82) is 0 Å². The van der Waals surface area contributed by atoms with E-state index < -0.39 is 0 Å². The smallest absolute Gasteiger partial charge is 0.293 e. The van der Waals surface area contributed by atoms with Crippen LogP contribution < -0.4 is 5.73 Å². The first-order chi connectivity index (χ1) is 11.5. The number of rotatable bonds is 4. The molecule has 6 nitrogen and oxygen atoms in total. The second kappa shape index (κ2) is 6.53. The topological polar surface area (TPSA) is 77.0 Å². The number of aryl methyl sites for hydroxylation is 1. The van der Waals surface area contributed by atoms with Crippen molar-refractivity contribution in [1.82, 2.24) is 19.7 Å². The maximum atomic E-state index is 12.8. The molecule has 128 valence electrons. The number of carbonyl (C=O) groups is 1. The number of nitrogens with zero attached hydrogens (tertiary/aromatic N) is 4. The number of nitrogens with two attached hydrogens (primary N) is 1. The molecule has 1 aliphatic heterocycles. The zero-order valence-corrected chi connectivity index (χ0v) is 14.8. The molecule has 0 spiro atoms. The van der Waals surface area contributed by atoms with E-state index in [1.165, 1.54) is 0 Å². The third-order valence-electron chi connectivity index (χ3n) is 4.60. The van der Waals surface area contributed by atoms with Gasteiger partial charge in [0, 0.05) is 19.5 Å². The summed E-state index contributed by atoms with van der Waals surface area (Å²) in [6, 6.07) is 7.41. The Kier molecular flexibility index (Phi) is 4.60. The highest BCUT2D eigenvalue weighted by atomic mass is 35.5. The van der Waals surface area contributed by atoms with E-state index in [0.717, 1.165) is 12.1 Å². The molecule has 0 radical (unpaired) electrons. The van der Waals surface area contributed by atoms with Crippen molar-refractivity contribution >= 4 is 17.5 Å². The standard InChI is InChI=1S/C17H22ClN5O/c1-3-14-20-15(16(24)22-9-8-17(2,10-19)11-22)21-23(14)13-7-5-4-6-12(13)18/h4-7H,3,8-11,19H2,1-2H3. The van der Waals surface area contributed by atoms with Crippen molar-refractivity contribution in [2.24, 2.45) is 11.1 Å². The molecule has 1 unspecified atom stereocenters. The lowest BCUT2D eigenvalue weighted by Gasteiger charge is -2.21. The van der Waals surface area contributed by atoms with Crippen LogP contribution in [0.5, 0.6) is 0 Å². The van der Waals surface area contributed by atoms with Crippen LogP contribution in [0.25, 0.3) is 5.69 Å². The van der Waals surface area contributed by atoms with Crippen LogP contribution in [0.15, 0.2) is 24.3 Å². The molecule has 7 heteroatoms. The summed E-state index contributed by atoms with van der Waals surface area (Å²) in [7, 11) is 0. The Hall–Kier alpha value is -1.92. The number of amides is 1. The number of benzene rings is 1. The highest BCUT2D eigenvalue weighted by molar-refractivity contribution is 6.32. The van der Waals surface area contributed by atoms with Crippen LogP contribution in [0.2, 0.25) is 5.02 Å². The Morgan fingerprint density at radius 1 is 1.42 bits per heavy atom. The molecule has 1 aliphatic rings. The van der Waals surface area contributed by atoms with E-state index in [2.05, 4.69) is 17.0 Å². The molecule has 0 aliphatic carbocycles. The van der Waals surface area contributed by atoms with Crippen molar-refractivity contribution in [3.05, 3.63) is 40.9 Å². The number of aromatic nitrogens is 3. The number of likely N-dealkylation sites (tertiary alicyclic amines) is 1. The Balaban J connectivity index is 1.91. The van der Waals surface area contributed by atoms with Gasteiger partial charge in [-0.1, -0.05) is 37.6 Å². The van der Waals surface area contributed by atoms with Gasteiger partial charge in [0.15, 0.2) is 0 Å². The molecule has 3 rings (SSSR count). The lowest BCUT2D eigenvalue weighted by atomic mass is 9.90. The second-order valence-corrected chi connectivity index (χ2v) is 6.97. The van der Waals surface area contributed by atoms with Crippen LogP contribution in [0, 0.1) is 5.41 Å². The average Bonchev–Trinajstić information content (AvgIpc) is 3.19. The van der Waals surface area contributed by atoms with E-state index in [4.69, 9.17) is 17.3 Å². The zero-order valence-electron chi connectivity index (χ0n) is 14.0. The number of hydrogen-bond acceptors (Lipinski definition) is 4. The molecule has 1 saturated heterocycles. The number of carbonyl (C=O) groups excluding carboxylic acids is 1. The first-order valence-corrected chi connectivity index (χ1v) is 8.55. The maximum Gasteiger partial charge on any atom is 0.293 e. The van der Waals surface area contributed by atoms with Crippen LogP contribution >= 0.6 is 11.6 Å². The number of hydrogen-bond donors (Lipinski definition) is 1. The van der Waals surface area contributed by atoms with Gasteiger partial charge in [-0.2, -0.15) is 0 Å². The predicted molar refractivity (Wildman–Crippen MR) is 93.4 cm³/mol. The van der Waals surface area contributed by atoms with Gasteiger partial charge in [-0.05, 0) is 30.5 Å². The van der Waals surface area contributed by atoms with Crippen LogP contribution in [0.4, 0.5) is 0 Å². The van der Waals surface area contributed by atoms with Crippen LogP contribution in [0.3, 0.4) is 0 Å². The normalized spacial score (nSPS) is 20.6.